The monoisotopic (exact) mass is 1410 g/mol. The van der Waals surface area contributed by atoms with E-state index in [1.54, 1.807) is 26.0 Å². The molecule has 8 aliphatic rings. The Morgan fingerprint density at radius 3 is 1.20 bits per heavy atom. The van der Waals surface area contributed by atoms with Crippen molar-refractivity contribution in [1.29, 1.82) is 0 Å². The number of hydrogen-bond acceptors (Lipinski definition) is 16. The van der Waals surface area contributed by atoms with E-state index in [1.807, 2.05) is 67.5 Å². The van der Waals surface area contributed by atoms with E-state index >= 15 is 0 Å². The maximum absolute atomic E-state index is 13.2. The van der Waals surface area contributed by atoms with E-state index in [1.165, 1.54) is 0 Å². The largest absolute Gasteiger partial charge is 0.465 e. The van der Waals surface area contributed by atoms with E-state index in [4.69, 9.17) is 18.9 Å². The molecule has 16 heteroatoms. The van der Waals surface area contributed by atoms with E-state index in [9.17, 15) is 60.0 Å². The van der Waals surface area contributed by atoms with E-state index in [0.717, 1.165) is 77.0 Å². The van der Waals surface area contributed by atoms with E-state index < -0.39 is 81.3 Å². The molecule has 0 heterocycles. The van der Waals surface area contributed by atoms with Crippen molar-refractivity contribution in [2.45, 2.75) is 322 Å². The van der Waals surface area contributed by atoms with Gasteiger partial charge in [-0.05, 0) is 229 Å². The van der Waals surface area contributed by atoms with Gasteiger partial charge in [-0.3, -0.25) is 9.59 Å². The molecule has 100 heavy (non-hydrogen) atoms. The highest BCUT2D eigenvalue weighted by atomic mass is 16.5. The number of rotatable bonds is 23. The highest BCUT2D eigenvalue weighted by Gasteiger charge is 2.73. The van der Waals surface area contributed by atoms with Crippen LogP contribution < -0.4 is 0 Å². The minimum absolute atomic E-state index is 0.0989. The van der Waals surface area contributed by atoms with Gasteiger partial charge in [-0.25, -0.2) is 9.59 Å². The molecule has 0 aromatic carbocycles. The summed E-state index contributed by atoms with van der Waals surface area (Å²) < 4.78 is 23.6. The Morgan fingerprint density at radius 1 is 0.470 bits per heavy atom. The Bertz CT molecular complexity index is 2950. The van der Waals surface area contributed by atoms with Crippen LogP contribution in [0.15, 0.2) is 48.6 Å². The fourth-order valence-electron chi connectivity index (χ4n) is 23.9. The summed E-state index contributed by atoms with van der Waals surface area (Å²) in [6.45, 7) is 47.8. The fraction of sp³-hybridized carbons (Fsp3) is 0.857. The van der Waals surface area contributed by atoms with Gasteiger partial charge in [0, 0.05) is 28.4 Å². The minimum Gasteiger partial charge on any atom is -0.465 e. The molecule has 8 rings (SSSR count). The molecule has 8 fully saturated rings. The maximum atomic E-state index is 13.2. The average molecular weight is 1410 g/mol. The van der Waals surface area contributed by atoms with Gasteiger partial charge in [0.25, 0.3) is 0 Å². The summed E-state index contributed by atoms with van der Waals surface area (Å²) in [4.78, 5) is 51.5. The van der Waals surface area contributed by atoms with Crippen LogP contribution in [-0.4, -0.2) is 140 Å². The van der Waals surface area contributed by atoms with Gasteiger partial charge >= 0.3 is 23.9 Å². The summed E-state index contributed by atoms with van der Waals surface area (Å²) in [6, 6.07) is 0. The number of hydrogen-bond donors (Lipinski definition) is 8. The Kier molecular flexibility index (Phi) is 26.1. The number of aliphatic hydroxyl groups is 8. The number of carbonyl (C=O) groups excluding carboxylic acids is 4. The van der Waals surface area contributed by atoms with Crippen LogP contribution in [0.1, 0.15) is 273 Å². The molecule has 0 aliphatic heterocycles. The highest BCUT2D eigenvalue weighted by molar-refractivity contribution is 5.88. The molecule has 6 unspecified atom stereocenters. The van der Waals surface area contributed by atoms with Crippen LogP contribution in [0.5, 0.6) is 0 Å². The fourth-order valence-corrected chi connectivity index (χ4v) is 23.9. The van der Waals surface area contributed by atoms with Crippen LogP contribution in [0.25, 0.3) is 0 Å². The van der Waals surface area contributed by atoms with Crippen LogP contribution in [0.4, 0.5) is 0 Å². The first-order chi connectivity index (χ1) is 46.4. The minimum atomic E-state index is -1.25. The number of fused-ring (bicyclic) bond motifs is 4. The summed E-state index contributed by atoms with van der Waals surface area (Å²) in [5.74, 6) is -1.43. The Morgan fingerprint density at radius 2 is 0.850 bits per heavy atom. The van der Waals surface area contributed by atoms with Crippen molar-refractivity contribution in [1.82, 2.24) is 0 Å². The first-order valence-corrected chi connectivity index (χ1v) is 39.0. The second-order valence-corrected chi connectivity index (χ2v) is 37.4. The average Bonchev–Trinajstić information content (AvgIpc) is 0.692. The number of ether oxygens (including phenoxy) is 4. The van der Waals surface area contributed by atoms with E-state index in [0.29, 0.717) is 75.4 Å². The number of esters is 4. The van der Waals surface area contributed by atoms with Gasteiger partial charge in [0.15, 0.2) is 0 Å². The topological polar surface area (TPSA) is 267 Å². The smallest absolute Gasteiger partial charge is 0.333 e. The van der Waals surface area contributed by atoms with Gasteiger partial charge < -0.3 is 59.8 Å². The first kappa shape index (κ1) is 83.8. The van der Waals surface area contributed by atoms with Gasteiger partial charge in [-0.2, -0.15) is 0 Å². The number of allylic oxidation sites excluding steroid dienone is 4. The predicted molar refractivity (Wildman–Crippen MR) is 391 cm³/mol. The van der Waals surface area contributed by atoms with E-state index in [-0.39, 0.29) is 124 Å². The summed E-state index contributed by atoms with van der Waals surface area (Å²) in [5, 5.41) is 94.5. The Balaban J connectivity index is 0.000000281. The standard InChI is InChI=1S/2C42H70O8/c1-12-16-30-39(9)19-18-31(43)40(10,24-49-35(47)26(5)13-2)29(39)17-20-41(30,11)38(8)22-28-21-37(6,7)33(45)34(46)42(28,32(44)23-38)25-50-36(48)27(14-3)15-4;1-11-14-15-17-33(45)49-26-42-28(22-37(5,6)34(46)35(42)47)23-38(7,24-32(42)44)41(10)21-18-29-39(8,30(41)16-12-2)20-19-31(43)40(29,9)25-50-36(48)27(4)13-3/h12-13,27-34,43-46H,1,14-25H2,2-11H3;12-13,28-32,34-35,43-44,46-47H,2,11,14-26H2,1,3-10H3/b26-13+;27-13+/t28?,29?,30?,31-,32+,33-,34-,38-,39-,40+,41+,42-;28?,29?,30?,31-,32+,34-,35-,38-,39-,40+,41+,42-/m00/s1. The number of aliphatic hydroxyl groups excluding tert-OH is 8. The summed E-state index contributed by atoms with van der Waals surface area (Å²) in [7, 11) is 0. The third-order valence-corrected chi connectivity index (χ3v) is 31.3. The van der Waals surface area contributed by atoms with Crippen molar-refractivity contribution < 1.29 is 79.0 Å². The van der Waals surface area contributed by atoms with Gasteiger partial charge in [-0.1, -0.05) is 141 Å². The Labute approximate surface area is 603 Å². The van der Waals surface area contributed by atoms with Crippen molar-refractivity contribution in [3.05, 3.63) is 48.6 Å². The van der Waals surface area contributed by atoms with Crippen molar-refractivity contribution in [2.75, 3.05) is 26.4 Å². The molecule has 572 valence electrons. The lowest BCUT2D eigenvalue weighted by atomic mass is 9.35. The summed E-state index contributed by atoms with van der Waals surface area (Å²) in [5.41, 5.74) is -5.27. The third kappa shape index (κ3) is 14.4. The molecule has 0 aromatic heterocycles. The number of carbonyl (C=O) groups is 4. The second-order valence-electron chi connectivity index (χ2n) is 37.4. The molecular weight excluding hydrogens is 1260 g/mol. The zero-order chi connectivity index (χ0) is 75.2. The molecule has 8 saturated carbocycles. The number of unbranched alkanes of at least 4 members (excludes halogenated alkanes) is 2. The molecule has 16 nitrogen and oxygen atoms in total. The molecular formula is C84H140O16. The van der Waals surface area contributed by atoms with Crippen LogP contribution in [0.3, 0.4) is 0 Å². The first-order valence-electron chi connectivity index (χ1n) is 39.0. The van der Waals surface area contributed by atoms with Crippen LogP contribution in [0, 0.1) is 106 Å². The van der Waals surface area contributed by atoms with Gasteiger partial charge in [0.1, 0.15) is 13.2 Å². The summed E-state index contributed by atoms with van der Waals surface area (Å²) in [6.07, 6.45) is 15.3. The van der Waals surface area contributed by atoms with Gasteiger partial charge in [0.2, 0.25) is 0 Å². The van der Waals surface area contributed by atoms with Crippen LogP contribution in [-0.2, 0) is 38.1 Å². The molecule has 0 bridgehead atoms. The molecule has 0 aromatic rings. The van der Waals surface area contributed by atoms with Gasteiger partial charge in [0.05, 0.1) is 78.8 Å². The molecule has 8 N–H and O–H groups in total. The summed E-state index contributed by atoms with van der Waals surface area (Å²) >= 11 is 0. The molecule has 0 saturated heterocycles. The zero-order valence-corrected chi connectivity index (χ0v) is 65.6. The SMILES string of the molecule is C=CCC1[C@@]2(C)CC[C@H](O)[C@](C)(COC(=O)/C(C)=C/C)C2CC[C@@]1(C)[C@@]1(C)CC2CC(C)(C)[C@@H](O)[C@H](O)[C@]2(COC(=O)C(CC)CC)[C@H](O)C1.C=CCC1[C@@]2(C)CC[C@H](O)[C@](C)(COC(=O)/C(C)=C/C)C2CC[C@@]1(C)[C@@]1(C)CC2CC(C)(C)[C@@H](O)[C@H](O)[C@]2(COC(=O)CCCCC)[C@H](O)C1. The molecule has 8 aliphatic carbocycles. The van der Waals surface area contributed by atoms with Crippen molar-refractivity contribution in [2.24, 2.45) is 106 Å². The lowest BCUT2D eigenvalue weighted by Gasteiger charge is -2.70. The predicted octanol–water partition coefficient (Wildman–Crippen LogP) is 14.5. The molecule has 0 amide bonds. The van der Waals surface area contributed by atoms with Crippen molar-refractivity contribution in [3.8, 4) is 0 Å². The van der Waals surface area contributed by atoms with Crippen molar-refractivity contribution in [3.63, 3.8) is 0 Å². The van der Waals surface area contributed by atoms with E-state index in [2.05, 4.69) is 75.5 Å². The van der Waals surface area contributed by atoms with Gasteiger partial charge in [-0.15, -0.1) is 13.2 Å². The molecule has 0 spiro atoms. The lowest BCUT2D eigenvalue weighted by molar-refractivity contribution is -0.277. The van der Waals surface area contributed by atoms with Crippen LogP contribution in [0.2, 0.25) is 0 Å². The zero-order valence-electron chi connectivity index (χ0n) is 65.6. The normalized spacial score (nSPS) is 44.5. The molecule has 24 atom stereocenters. The Hall–Kier alpha value is -3.48. The molecule has 0 radical (unpaired) electrons. The lowest BCUT2D eigenvalue weighted by Crippen LogP contribution is -2.70. The maximum Gasteiger partial charge on any atom is 0.333 e. The van der Waals surface area contributed by atoms with Crippen LogP contribution >= 0.6 is 0 Å². The highest BCUT2D eigenvalue weighted by Crippen LogP contribution is 2.75. The quantitative estimate of drug-likeness (QED) is 0.0155. The third-order valence-electron chi connectivity index (χ3n) is 31.3. The van der Waals surface area contributed by atoms with Crippen molar-refractivity contribution >= 4 is 23.9 Å². The second kappa shape index (κ2) is 31.1.